The number of aromatic hydroxyl groups is 1. The molecule has 0 saturated carbocycles. The van der Waals surface area contributed by atoms with Gasteiger partial charge in [-0.15, -0.1) is 6.58 Å². The summed E-state index contributed by atoms with van der Waals surface area (Å²) < 4.78 is 5.59. The Bertz CT molecular complexity index is 902. The van der Waals surface area contributed by atoms with Gasteiger partial charge in [-0.25, -0.2) is 4.99 Å². The van der Waals surface area contributed by atoms with E-state index in [1.165, 1.54) is 11.8 Å². The molecule has 6 heteroatoms. The molecule has 0 spiro atoms. The van der Waals surface area contributed by atoms with Gasteiger partial charge in [0.1, 0.15) is 11.5 Å². The number of amidine groups is 1. The van der Waals surface area contributed by atoms with Crippen molar-refractivity contribution in [2.75, 3.05) is 13.2 Å². The van der Waals surface area contributed by atoms with Crippen LogP contribution in [0.1, 0.15) is 18.9 Å². The first-order valence-corrected chi connectivity index (χ1v) is 9.85. The summed E-state index contributed by atoms with van der Waals surface area (Å²) in [6.07, 6.45) is 4.48. The molecule has 0 radical (unpaired) electrons. The number of ether oxygens (including phenoxy) is 1. The average Bonchev–Trinajstić information content (AvgIpc) is 2.98. The van der Waals surface area contributed by atoms with Crippen molar-refractivity contribution in [3.8, 4) is 11.5 Å². The van der Waals surface area contributed by atoms with Gasteiger partial charge in [0, 0.05) is 6.54 Å². The van der Waals surface area contributed by atoms with E-state index in [4.69, 9.17) is 4.74 Å². The minimum absolute atomic E-state index is 0.103. The zero-order valence-electron chi connectivity index (χ0n) is 15.7. The van der Waals surface area contributed by atoms with Gasteiger partial charge in [-0.1, -0.05) is 25.1 Å². The molecule has 1 amide bonds. The number of phenolic OH excluding ortho intramolecular Hbond substituents is 1. The van der Waals surface area contributed by atoms with Crippen molar-refractivity contribution in [1.29, 1.82) is 0 Å². The van der Waals surface area contributed by atoms with Crippen molar-refractivity contribution < 1.29 is 14.6 Å². The highest BCUT2D eigenvalue weighted by Crippen LogP contribution is 2.34. The summed E-state index contributed by atoms with van der Waals surface area (Å²) in [5.41, 5.74) is 1.59. The van der Waals surface area contributed by atoms with Crippen LogP contribution in [0.5, 0.6) is 11.5 Å². The number of hydrogen-bond acceptors (Lipinski definition) is 5. The minimum Gasteiger partial charge on any atom is -0.508 e. The van der Waals surface area contributed by atoms with Crippen molar-refractivity contribution in [3.63, 3.8) is 0 Å². The van der Waals surface area contributed by atoms with Gasteiger partial charge in [0.2, 0.25) is 0 Å². The quantitative estimate of drug-likeness (QED) is 0.532. The Balaban J connectivity index is 1.83. The van der Waals surface area contributed by atoms with E-state index in [-0.39, 0.29) is 11.7 Å². The Kier molecular flexibility index (Phi) is 6.55. The standard InChI is InChI=1S/C22H22N2O3S/c1-3-13-24-21(26)20(15-16-5-11-19(12-6-16)27-14-4-2)28-22(24)23-17-7-9-18(25)10-8-17/h3,5-12,15,25H,1,4,13-14H2,2H3/b20-15-,23-22?. The van der Waals surface area contributed by atoms with Gasteiger partial charge < -0.3 is 9.84 Å². The predicted molar refractivity (Wildman–Crippen MR) is 115 cm³/mol. The fourth-order valence-corrected chi connectivity index (χ4v) is 3.56. The molecule has 0 bridgehead atoms. The predicted octanol–water partition coefficient (Wildman–Crippen LogP) is 4.97. The highest BCUT2D eigenvalue weighted by atomic mass is 32.2. The molecule has 0 atom stereocenters. The number of carbonyl (C=O) groups excluding carboxylic acids is 1. The maximum atomic E-state index is 12.8. The summed E-state index contributed by atoms with van der Waals surface area (Å²) in [5, 5.41) is 10.0. The molecule has 0 unspecified atom stereocenters. The second kappa shape index (κ2) is 9.28. The van der Waals surface area contributed by atoms with E-state index in [1.807, 2.05) is 30.3 Å². The van der Waals surface area contributed by atoms with Crippen molar-refractivity contribution in [2.24, 2.45) is 4.99 Å². The summed E-state index contributed by atoms with van der Waals surface area (Å²) in [6.45, 7) is 6.86. The van der Waals surface area contributed by atoms with Crippen LogP contribution in [0, 0.1) is 0 Å². The highest BCUT2D eigenvalue weighted by molar-refractivity contribution is 8.18. The normalized spacial score (nSPS) is 16.8. The lowest BCUT2D eigenvalue weighted by Crippen LogP contribution is -2.29. The fourth-order valence-electron chi connectivity index (χ4n) is 2.55. The molecular formula is C22H22N2O3S. The van der Waals surface area contributed by atoms with Crippen LogP contribution in [0.15, 0.2) is 71.1 Å². The summed E-state index contributed by atoms with van der Waals surface area (Å²) in [7, 11) is 0. The van der Waals surface area contributed by atoms with E-state index in [0.717, 1.165) is 17.7 Å². The molecule has 0 aliphatic carbocycles. The Morgan fingerprint density at radius 1 is 1.18 bits per heavy atom. The van der Waals surface area contributed by atoms with Crippen molar-refractivity contribution >= 4 is 34.6 Å². The average molecular weight is 394 g/mol. The monoisotopic (exact) mass is 394 g/mol. The third-order valence-electron chi connectivity index (χ3n) is 3.92. The molecule has 28 heavy (non-hydrogen) atoms. The van der Waals surface area contributed by atoms with E-state index >= 15 is 0 Å². The fraction of sp³-hybridized carbons (Fsp3) is 0.182. The molecule has 1 fully saturated rings. The first-order valence-electron chi connectivity index (χ1n) is 9.03. The Morgan fingerprint density at radius 2 is 1.89 bits per heavy atom. The van der Waals surface area contributed by atoms with Crippen LogP contribution in [0.25, 0.3) is 6.08 Å². The van der Waals surface area contributed by atoms with Gasteiger partial charge in [0.05, 0.1) is 17.2 Å². The van der Waals surface area contributed by atoms with Crippen LogP contribution < -0.4 is 4.74 Å². The van der Waals surface area contributed by atoms with Gasteiger partial charge in [-0.05, 0) is 66.2 Å². The Hall–Kier alpha value is -2.99. The maximum absolute atomic E-state index is 12.8. The minimum atomic E-state index is -0.103. The lowest BCUT2D eigenvalue weighted by Gasteiger charge is -2.12. The van der Waals surface area contributed by atoms with Crippen molar-refractivity contribution in [2.45, 2.75) is 13.3 Å². The molecule has 5 nitrogen and oxygen atoms in total. The molecular weight excluding hydrogens is 372 g/mol. The first kappa shape index (κ1) is 19.8. The van der Waals surface area contributed by atoms with Gasteiger partial charge in [-0.2, -0.15) is 0 Å². The molecule has 0 aromatic heterocycles. The number of phenols is 1. The van der Waals surface area contributed by atoms with Gasteiger partial charge in [-0.3, -0.25) is 9.69 Å². The van der Waals surface area contributed by atoms with Crippen LogP contribution in [0.4, 0.5) is 5.69 Å². The van der Waals surface area contributed by atoms with Gasteiger partial charge in [0.15, 0.2) is 5.17 Å². The molecule has 1 saturated heterocycles. The number of aliphatic imine (C=N–C) groups is 1. The van der Waals surface area contributed by atoms with Crippen molar-refractivity contribution in [3.05, 3.63) is 71.7 Å². The van der Waals surface area contributed by atoms with Crippen LogP contribution in [0.2, 0.25) is 0 Å². The Morgan fingerprint density at radius 3 is 2.54 bits per heavy atom. The van der Waals surface area contributed by atoms with Crippen LogP contribution in [0.3, 0.4) is 0 Å². The lowest BCUT2D eigenvalue weighted by atomic mass is 10.2. The van der Waals surface area contributed by atoms with Crippen LogP contribution >= 0.6 is 11.8 Å². The molecule has 1 N–H and O–H groups in total. The van der Waals surface area contributed by atoms with Gasteiger partial charge >= 0.3 is 0 Å². The lowest BCUT2D eigenvalue weighted by molar-refractivity contribution is -0.121. The SMILES string of the molecule is C=CCN1C(=O)/C(=C/c2ccc(OCCC)cc2)SC1=Nc1ccc(O)cc1. The van der Waals surface area contributed by atoms with E-state index in [1.54, 1.807) is 35.2 Å². The summed E-state index contributed by atoms with van der Waals surface area (Å²) in [4.78, 5) is 19.6. The number of benzene rings is 2. The topological polar surface area (TPSA) is 62.1 Å². The first-order chi connectivity index (χ1) is 13.6. The number of rotatable bonds is 7. The highest BCUT2D eigenvalue weighted by Gasteiger charge is 2.32. The van der Waals surface area contributed by atoms with E-state index in [2.05, 4.69) is 18.5 Å². The van der Waals surface area contributed by atoms with Crippen LogP contribution in [-0.2, 0) is 4.79 Å². The number of amides is 1. The summed E-state index contributed by atoms with van der Waals surface area (Å²) >= 11 is 1.32. The second-order valence-electron chi connectivity index (χ2n) is 6.14. The summed E-state index contributed by atoms with van der Waals surface area (Å²) in [6, 6.07) is 14.2. The van der Waals surface area contributed by atoms with E-state index in [0.29, 0.717) is 28.9 Å². The second-order valence-corrected chi connectivity index (χ2v) is 7.15. The molecule has 2 aromatic carbocycles. The maximum Gasteiger partial charge on any atom is 0.267 e. The van der Waals surface area contributed by atoms with E-state index in [9.17, 15) is 9.90 Å². The number of hydrogen-bond donors (Lipinski definition) is 1. The largest absolute Gasteiger partial charge is 0.508 e. The smallest absolute Gasteiger partial charge is 0.267 e. The number of nitrogens with zero attached hydrogens (tertiary/aromatic N) is 2. The zero-order valence-corrected chi connectivity index (χ0v) is 16.5. The van der Waals surface area contributed by atoms with Crippen molar-refractivity contribution in [1.82, 2.24) is 4.90 Å². The molecule has 3 rings (SSSR count). The zero-order chi connectivity index (χ0) is 19.9. The number of thioether (sulfide) groups is 1. The third-order valence-corrected chi connectivity index (χ3v) is 4.93. The number of carbonyl (C=O) groups is 1. The summed E-state index contributed by atoms with van der Waals surface area (Å²) in [5.74, 6) is 0.889. The molecule has 2 aromatic rings. The van der Waals surface area contributed by atoms with Crippen LogP contribution in [-0.4, -0.2) is 34.2 Å². The molecule has 1 aliphatic heterocycles. The third kappa shape index (κ3) is 4.84. The molecule has 1 aliphatic rings. The molecule has 144 valence electrons. The van der Waals surface area contributed by atoms with E-state index < -0.39 is 0 Å². The molecule has 1 heterocycles. The van der Waals surface area contributed by atoms with Gasteiger partial charge in [0.25, 0.3) is 5.91 Å². The Labute approximate surface area is 169 Å².